The van der Waals surface area contributed by atoms with Crippen molar-refractivity contribution in [1.82, 2.24) is 20.1 Å². The smallest absolute Gasteiger partial charge is 0.223 e. The first-order chi connectivity index (χ1) is 14.1. The van der Waals surface area contributed by atoms with Gasteiger partial charge in [-0.15, -0.1) is 0 Å². The number of rotatable bonds is 4. The summed E-state index contributed by atoms with van der Waals surface area (Å²) in [7, 11) is 0. The predicted molar refractivity (Wildman–Crippen MR) is 112 cm³/mol. The van der Waals surface area contributed by atoms with E-state index >= 15 is 0 Å². The summed E-state index contributed by atoms with van der Waals surface area (Å²) < 4.78 is 0. The molecule has 3 aliphatic heterocycles. The van der Waals surface area contributed by atoms with E-state index in [1.54, 1.807) is 6.92 Å². The Labute approximate surface area is 171 Å². The molecule has 0 unspecified atom stereocenters. The Hall–Kier alpha value is -2.34. The maximum absolute atomic E-state index is 12.8. The number of aromatic amines is 1. The second-order valence-electron chi connectivity index (χ2n) is 9.11. The van der Waals surface area contributed by atoms with Crippen molar-refractivity contribution in [3.05, 3.63) is 36.0 Å². The van der Waals surface area contributed by atoms with Gasteiger partial charge >= 0.3 is 0 Å². The third kappa shape index (κ3) is 3.54. The number of benzene rings is 1. The van der Waals surface area contributed by atoms with E-state index in [2.05, 4.69) is 44.4 Å². The minimum Gasteiger partial charge on any atom is -0.361 e. The average Bonchev–Trinajstić information content (AvgIpc) is 3.16. The molecule has 5 rings (SSSR count). The molecule has 4 atom stereocenters. The third-order valence-corrected chi connectivity index (χ3v) is 7.16. The molecule has 1 aromatic heterocycles. The topological polar surface area (TPSA) is 68.4 Å². The number of H-pyrrole nitrogens is 1. The van der Waals surface area contributed by atoms with Gasteiger partial charge in [-0.1, -0.05) is 12.1 Å². The van der Waals surface area contributed by atoms with Crippen molar-refractivity contribution in [3.63, 3.8) is 0 Å². The van der Waals surface area contributed by atoms with Crippen molar-refractivity contribution in [2.75, 3.05) is 19.6 Å². The van der Waals surface area contributed by atoms with Crippen LogP contribution in [0, 0.1) is 11.8 Å². The van der Waals surface area contributed by atoms with Gasteiger partial charge in [0.2, 0.25) is 11.8 Å². The number of nitrogens with one attached hydrogen (secondary N) is 2. The van der Waals surface area contributed by atoms with Crippen LogP contribution in [0.25, 0.3) is 10.9 Å². The fourth-order valence-electron chi connectivity index (χ4n) is 5.96. The lowest BCUT2D eigenvalue weighted by atomic mass is 9.72. The van der Waals surface area contributed by atoms with Crippen LogP contribution in [0.2, 0.25) is 0 Å². The van der Waals surface area contributed by atoms with E-state index in [9.17, 15) is 9.59 Å². The van der Waals surface area contributed by atoms with E-state index < -0.39 is 0 Å². The molecule has 0 aliphatic carbocycles. The average molecular weight is 395 g/mol. The van der Waals surface area contributed by atoms with E-state index in [0.717, 1.165) is 32.5 Å². The molecule has 6 heteroatoms. The molecule has 3 saturated heterocycles. The van der Waals surface area contributed by atoms with Gasteiger partial charge in [0, 0.05) is 57.3 Å². The second kappa shape index (κ2) is 7.48. The van der Waals surface area contributed by atoms with Crippen LogP contribution >= 0.6 is 0 Å². The molecule has 0 saturated carbocycles. The van der Waals surface area contributed by atoms with Crippen LogP contribution in [0.4, 0.5) is 0 Å². The van der Waals surface area contributed by atoms with Crippen molar-refractivity contribution in [1.29, 1.82) is 0 Å². The van der Waals surface area contributed by atoms with Gasteiger partial charge in [0.15, 0.2) is 0 Å². The summed E-state index contributed by atoms with van der Waals surface area (Å²) in [6.45, 7) is 5.12. The molecule has 6 nitrogen and oxygen atoms in total. The van der Waals surface area contributed by atoms with Gasteiger partial charge in [0.05, 0.1) is 6.04 Å². The van der Waals surface area contributed by atoms with Crippen LogP contribution in [0.5, 0.6) is 0 Å². The van der Waals surface area contributed by atoms with Crippen LogP contribution in [0.3, 0.4) is 0 Å². The highest BCUT2D eigenvalue weighted by molar-refractivity contribution is 5.80. The van der Waals surface area contributed by atoms with E-state index in [1.165, 1.54) is 22.9 Å². The van der Waals surface area contributed by atoms with Gasteiger partial charge in [-0.05, 0) is 54.2 Å². The van der Waals surface area contributed by atoms with Gasteiger partial charge in [-0.3, -0.25) is 14.5 Å². The lowest BCUT2D eigenvalue weighted by Gasteiger charge is -2.56. The summed E-state index contributed by atoms with van der Waals surface area (Å²) >= 11 is 0. The lowest BCUT2D eigenvalue weighted by molar-refractivity contribution is -0.153. The van der Waals surface area contributed by atoms with Crippen LogP contribution in [-0.4, -0.2) is 58.3 Å². The maximum atomic E-state index is 12.8. The van der Waals surface area contributed by atoms with Gasteiger partial charge in [-0.25, -0.2) is 0 Å². The Morgan fingerprint density at radius 2 is 2.10 bits per heavy atom. The van der Waals surface area contributed by atoms with Crippen molar-refractivity contribution < 1.29 is 9.59 Å². The van der Waals surface area contributed by atoms with Gasteiger partial charge in [0.25, 0.3) is 0 Å². The van der Waals surface area contributed by atoms with Crippen molar-refractivity contribution in [2.45, 2.75) is 51.2 Å². The van der Waals surface area contributed by atoms with E-state index in [4.69, 9.17) is 0 Å². The highest BCUT2D eigenvalue weighted by atomic mass is 16.2. The number of aromatic nitrogens is 1. The number of hydrogen-bond donors (Lipinski definition) is 2. The minimum atomic E-state index is -0.0138. The summed E-state index contributed by atoms with van der Waals surface area (Å²) in [4.78, 5) is 32.4. The summed E-state index contributed by atoms with van der Waals surface area (Å²) in [6.07, 6.45) is 5.91. The van der Waals surface area contributed by atoms with E-state index in [0.29, 0.717) is 30.8 Å². The van der Waals surface area contributed by atoms with Gasteiger partial charge in [-0.2, -0.15) is 0 Å². The molecule has 4 heterocycles. The molecule has 1 aromatic carbocycles. The molecule has 0 spiro atoms. The zero-order valence-corrected chi connectivity index (χ0v) is 17.1. The first kappa shape index (κ1) is 18.7. The number of fused-ring (bicyclic) bond motifs is 5. The minimum absolute atomic E-state index is 0.0138. The van der Waals surface area contributed by atoms with Crippen LogP contribution < -0.4 is 5.32 Å². The van der Waals surface area contributed by atoms with Crippen molar-refractivity contribution in [3.8, 4) is 0 Å². The Balaban J connectivity index is 1.37. The normalized spacial score (nSPS) is 29.7. The zero-order valence-electron chi connectivity index (χ0n) is 17.1. The molecule has 2 bridgehead atoms. The van der Waals surface area contributed by atoms with E-state index in [1.807, 2.05) is 6.20 Å². The molecule has 3 fully saturated rings. The van der Waals surface area contributed by atoms with Crippen molar-refractivity contribution >= 4 is 22.7 Å². The number of nitrogens with zero attached hydrogens (tertiary/aromatic N) is 2. The van der Waals surface area contributed by atoms with Gasteiger partial charge in [0.1, 0.15) is 0 Å². The summed E-state index contributed by atoms with van der Waals surface area (Å²) in [5, 5.41) is 4.24. The molecule has 29 heavy (non-hydrogen) atoms. The fraction of sp³-hybridized carbons (Fsp3) is 0.565. The number of carbonyl (C=O) groups is 2. The molecule has 0 radical (unpaired) electrons. The summed E-state index contributed by atoms with van der Waals surface area (Å²) in [6, 6.07) is 9.23. The molecule has 2 aromatic rings. The maximum Gasteiger partial charge on any atom is 0.223 e. The number of carbonyl (C=O) groups excluding carboxylic acids is 2. The standard InChI is InChI=1S/C23H30N4O2/c1-15(28)25-11-22-19-10-18(21-3-2-4-23(29)27(21)22)13-26(14-19)12-16-5-6-17-7-8-24-20(17)9-16/h5-9,18-19,21-22,24H,2-4,10-14H2,1H3,(H,25,28)/t18-,19+,21+,22+/m1/s1. The Morgan fingerprint density at radius 3 is 2.97 bits per heavy atom. The molecule has 2 N–H and O–H groups in total. The quantitative estimate of drug-likeness (QED) is 0.837. The first-order valence-electron chi connectivity index (χ1n) is 10.9. The Morgan fingerprint density at radius 1 is 1.24 bits per heavy atom. The first-order valence-corrected chi connectivity index (χ1v) is 10.9. The SMILES string of the molecule is CC(=O)NC[C@H]1[C@H]2C[C@H](CN(Cc3ccc4cc[nH]c4c3)C2)[C@@H]2CCCC(=O)N21. The number of hydrogen-bond acceptors (Lipinski definition) is 3. The Kier molecular flexibility index (Phi) is 4.82. The van der Waals surface area contributed by atoms with Crippen LogP contribution in [-0.2, 0) is 16.1 Å². The lowest BCUT2D eigenvalue weighted by Crippen LogP contribution is -2.66. The van der Waals surface area contributed by atoms with Crippen LogP contribution in [0.15, 0.2) is 30.5 Å². The molecule has 154 valence electrons. The fourth-order valence-corrected chi connectivity index (χ4v) is 5.96. The number of piperidine rings is 3. The third-order valence-electron chi connectivity index (χ3n) is 7.16. The predicted octanol–water partition coefficient (Wildman–Crippen LogP) is 2.51. The molecule has 2 amide bonds. The van der Waals surface area contributed by atoms with Crippen LogP contribution in [0.1, 0.15) is 38.2 Å². The summed E-state index contributed by atoms with van der Waals surface area (Å²) in [5.41, 5.74) is 2.52. The summed E-state index contributed by atoms with van der Waals surface area (Å²) in [5.74, 6) is 1.24. The second-order valence-corrected chi connectivity index (χ2v) is 9.11. The molecule has 3 aliphatic rings. The van der Waals surface area contributed by atoms with Gasteiger partial charge < -0.3 is 15.2 Å². The zero-order chi connectivity index (χ0) is 20.0. The number of likely N-dealkylation sites (tertiary alicyclic amines) is 1. The monoisotopic (exact) mass is 394 g/mol. The molecular weight excluding hydrogens is 364 g/mol. The van der Waals surface area contributed by atoms with Crippen molar-refractivity contribution in [2.24, 2.45) is 11.8 Å². The Bertz CT molecular complexity index is 922. The largest absolute Gasteiger partial charge is 0.361 e. The van der Waals surface area contributed by atoms with E-state index in [-0.39, 0.29) is 17.9 Å². The number of amides is 2. The highest BCUT2D eigenvalue weighted by Crippen LogP contribution is 2.41. The molecular formula is C23H30N4O2. The highest BCUT2D eigenvalue weighted by Gasteiger charge is 2.49.